The first-order valence-corrected chi connectivity index (χ1v) is 21.6. The largest absolute Gasteiger partial charge is 0.125 e. The Bertz CT molecular complexity index is 658. The van der Waals surface area contributed by atoms with Crippen molar-refractivity contribution in [1.29, 1.82) is 0 Å². The summed E-state index contributed by atoms with van der Waals surface area (Å²) < 4.78 is 0. The molecule has 3 heteroatoms. The number of benzene rings is 1. The molecule has 1 aromatic carbocycles. The first-order chi connectivity index (χ1) is 20.8. The number of aryl methyl sites for hydroxylation is 1. The molecule has 42 heavy (non-hydrogen) atoms. The van der Waals surface area contributed by atoms with Crippen molar-refractivity contribution in [3.05, 3.63) is 24.6 Å². The zero-order valence-electron chi connectivity index (χ0n) is 28.6. The van der Waals surface area contributed by atoms with E-state index in [9.17, 15) is 0 Å². The van der Waals surface area contributed by atoms with Crippen LogP contribution >= 0.6 is 35.3 Å². The maximum absolute atomic E-state index is 4.19. The van der Waals surface area contributed by atoms with Crippen LogP contribution in [0.25, 0.3) is 0 Å². The summed E-state index contributed by atoms with van der Waals surface area (Å²) in [4.78, 5) is 4.76. The highest BCUT2D eigenvalue weighted by Gasteiger charge is 2.13. The van der Waals surface area contributed by atoms with Crippen molar-refractivity contribution < 1.29 is 0 Å². The maximum atomic E-state index is 4.19. The zero-order chi connectivity index (χ0) is 30.4. The van der Waals surface area contributed by atoms with Gasteiger partial charge >= 0.3 is 0 Å². The summed E-state index contributed by atoms with van der Waals surface area (Å²) in [5, 5.41) is 0. The van der Waals surface area contributed by atoms with Crippen molar-refractivity contribution in [2.75, 3.05) is 17.3 Å². The Hall–Kier alpha value is 0.270. The molecule has 0 nitrogen and oxygen atoms in total. The average molecular weight is 636 g/mol. The predicted molar refractivity (Wildman–Crippen MR) is 200 cm³/mol. The highest BCUT2D eigenvalue weighted by molar-refractivity contribution is 8.03. The van der Waals surface area contributed by atoms with Crippen molar-refractivity contribution in [3.63, 3.8) is 0 Å². The van der Waals surface area contributed by atoms with Gasteiger partial charge in [0.25, 0.3) is 0 Å². The normalized spacial score (nSPS) is 11.5. The molecular weight excluding hydrogens is 565 g/mol. The Balaban J connectivity index is 2.66. The molecular formula is C39H71S3. The predicted octanol–water partition coefficient (Wildman–Crippen LogP) is 15.2. The molecule has 1 radical (unpaired) electrons. The lowest BCUT2D eigenvalue weighted by molar-refractivity contribution is 0.586. The summed E-state index contributed by atoms with van der Waals surface area (Å²) in [5.74, 6) is 3.83. The van der Waals surface area contributed by atoms with Crippen molar-refractivity contribution in [1.82, 2.24) is 0 Å². The molecule has 0 saturated carbocycles. The van der Waals surface area contributed by atoms with Gasteiger partial charge in [-0.25, -0.2) is 0 Å². The van der Waals surface area contributed by atoms with Crippen LogP contribution in [-0.4, -0.2) is 17.3 Å². The van der Waals surface area contributed by atoms with E-state index in [2.05, 4.69) is 75.1 Å². The third-order valence-corrected chi connectivity index (χ3v) is 12.0. The topological polar surface area (TPSA) is 0 Å². The lowest BCUT2D eigenvalue weighted by atomic mass is 10.1. The van der Waals surface area contributed by atoms with Gasteiger partial charge in [0.05, 0.1) is 0 Å². The molecule has 1 aromatic rings. The van der Waals surface area contributed by atoms with E-state index in [-0.39, 0.29) is 0 Å². The summed E-state index contributed by atoms with van der Waals surface area (Å²) in [6.45, 7) is 11.1. The van der Waals surface area contributed by atoms with E-state index in [0.29, 0.717) is 0 Å². The first kappa shape index (κ1) is 40.3. The van der Waals surface area contributed by atoms with Gasteiger partial charge in [-0.15, -0.1) is 35.3 Å². The van der Waals surface area contributed by atoms with Crippen LogP contribution in [0.2, 0.25) is 0 Å². The third-order valence-electron chi connectivity index (χ3n) is 8.30. The van der Waals surface area contributed by atoms with Gasteiger partial charge in [0.2, 0.25) is 0 Å². The van der Waals surface area contributed by atoms with Gasteiger partial charge in [-0.2, -0.15) is 0 Å². The van der Waals surface area contributed by atoms with Crippen LogP contribution in [0.5, 0.6) is 0 Å². The second kappa shape index (κ2) is 31.3. The molecule has 0 aromatic heterocycles. The summed E-state index contributed by atoms with van der Waals surface area (Å²) in [6.07, 6.45) is 35.9. The van der Waals surface area contributed by atoms with Gasteiger partial charge in [-0.1, -0.05) is 163 Å². The zero-order valence-corrected chi connectivity index (χ0v) is 31.0. The van der Waals surface area contributed by atoms with E-state index in [4.69, 9.17) is 0 Å². The standard InChI is InChI=1S/C39H71S3/c1-5-9-12-15-18-21-24-27-31-40-37-34-36(30-8-4)35-38(41-32-28-25-22-19-16-13-10-6-2)39(37)42-33-29-26-23-20-17-14-11-7-3/h34-35H,4-33H2,1-3H3. The Morgan fingerprint density at radius 1 is 0.429 bits per heavy atom. The van der Waals surface area contributed by atoms with Crippen molar-refractivity contribution in [3.8, 4) is 0 Å². The molecule has 0 spiro atoms. The van der Waals surface area contributed by atoms with Gasteiger partial charge in [-0.3, -0.25) is 0 Å². The lowest BCUT2D eigenvalue weighted by Gasteiger charge is -2.17. The smallest absolute Gasteiger partial charge is 0.0344 e. The van der Waals surface area contributed by atoms with Crippen LogP contribution in [0.15, 0.2) is 26.8 Å². The molecule has 245 valence electrons. The summed E-state index contributed by atoms with van der Waals surface area (Å²) in [5.41, 5.74) is 1.51. The SMILES string of the molecule is [CH2]CCc1cc(SCCCCCCCCCC)c(SCCCCCCCCCC)c(SCCCCCCCCCC)c1. The molecule has 0 bridgehead atoms. The highest BCUT2D eigenvalue weighted by atomic mass is 32.2. The van der Waals surface area contributed by atoms with E-state index < -0.39 is 0 Å². The van der Waals surface area contributed by atoms with E-state index in [1.807, 2.05) is 0 Å². The van der Waals surface area contributed by atoms with Crippen LogP contribution in [0, 0.1) is 6.92 Å². The van der Waals surface area contributed by atoms with E-state index in [0.717, 1.165) is 12.8 Å². The molecule has 0 saturated heterocycles. The fraction of sp³-hybridized carbons (Fsp3) is 0.821. The molecule has 0 heterocycles. The van der Waals surface area contributed by atoms with Gasteiger partial charge in [0.15, 0.2) is 0 Å². The fourth-order valence-electron chi connectivity index (χ4n) is 5.58. The Morgan fingerprint density at radius 2 is 0.738 bits per heavy atom. The monoisotopic (exact) mass is 635 g/mol. The summed E-state index contributed by atoms with van der Waals surface area (Å²) in [6, 6.07) is 5.08. The fourth-order valence-corrected chi connectivity index (χ4v) is 9.40. The Morgan fingerprint density at radius 3 is 1.07 bits per heavy atom. The second-order valence-electron chi connectivity index (χ2n) is 12.5. The number of unbranched alkanes of at least 4 members (excludes halogenated alkanes) is 21. The van der Waals surface area contributed by atoms with Crippen molar-refractivity contribution >= 4 is 35.3 Å². The van der Waals surface area contributed by atoms with Gasteiger partial charge < -0.3 is 0 Å². The minimum atomic E-state index is 0.995. The summed E-state index contributed by atoms with van der Waals surface area (Å²) in [7, 11) is 0. The molecule has 0 atom stereocenters. The highest BCUT2D eigenvalue weighted by Crippen LogP contribution is 2.41. The Kier molecular flexibility index (Phi) is 30.0. The quantitative estimate of drug-likeness (QED) is 0.0571. The van der Waals surface area contributed by atoms with E-state index >= 15 is 0 Å². The van der Waals surface area contributed by atoms with Crippen LogP contribution in [0.4, 0.5) is 0 Å². The molecule has 0 unspecified atom stereocenters. The van der Waals surface area contributed by atoms with Crippen LogP contribution < -0.4 is 0 Å². The van der Waals surface area contributed by atoms with E-state index in [1.54, 1.807) is 14.7 Å². The third kappa shape index (κ3) is 22.7. The molecule has 0 aliphatic heterocycles. The molecule has 0 aliphatic carbocycles. The summed E-state index contributed by atoms with van der Waals surface area (Å²) >= 11 is 6.48. The number of thioether (sulfide) groups is 3. The minimum Gasteiger partial charge on any atom is -0.125 e. The van der Waals surface area contributed by atoms with E-state index in [1.165, 1.54) is 177 Å². The molecule has 0 aliphatic rings. The second-order valence-corrected chi connectivity index (χ2v) is 15.9. The maximum Gasteiger partial charge on any atom is 0.0344 e. The lowest BCUT2D eigenvalue weighted by Crippen LogP contribution is -1.94. The first-order valence-electron chi connectivity index (χ1n) is 18.6. The Labute approximate surface area is 278 Å². The van der Waals surface area contributed by atoms with Gasteiger partial charge in [-0.05, 0) is 67.1 Å². The average Bonchev–Trinajstić information content (AvgIpc) is 2.99. The van der Waals surface area contributed by atoms with Crippen molar-refractivity contribution in [2.45, 2.75) is 202 Å². The van der Waals surface area contributed by atoms with Crippen LogP contribution in [-0.2, 0) is 6.42 Å². The molecule has 0 fully saturated rings. The van der Waals surface area contributed by atoms with Gasteiger partial charge in [0, 0.05) is 14.7 Å². The number of hydrogen-bond donors (Lipinski definition) is 0. The van der Waals surface area contributed by atoms with Crippen molar-refractivity contribution in [2.24, 2.45) is 0 Å². The number of hydrogen-bond acceptors (Lipinski definition) is 3. The van der Waals surface area contributed by atoms with Gasteiger partial charge in [0.1, 0.15) is 0 Å². The minimum absolute atomic E-state index is 0.995. The molecule has 1 rings (SSSR count). The molecule has 0 amide bonds. The number of rotatable bonds is 32. The molecule has 0 N–H and O–H groups in total. The van der Waals surface area contributed by atoms with Crippen LogP contribution in [0.3, 0.4) is 0 Å². The van der Waals surface area contributed by atoms with Crippen LogP contribution in [0.1, 0.15) is 187 Å².